The second-order valence-electron chi connectivity index (χ2n) is 7.73. The number of rotatable bonds is 4. The van der Waals surface area contributed by atoms with Crippen LogP contribution in [0.5, 0.6) is 0 Å². The van der Waals surface area contributed by atoms with Gasteiger partial charge in [-0.2, -0.15) is 0 Å². The maximum Gasteiger partial charge on any atom is 0.290 e. The van der Waals surface area contributed by atoms with Crippen LogP contribution < -0.4 is 0 Å². The summed E-state index contributed by atoms with van der Waals surface area (Å²) in [6.07, 6.45) is 4.80. The monoisotopic (exact) mass is 418 g/mol. The number of hydrogen-bond donors (Lipinski definition) is 2. The second-order valence-corrected chi connectivity index (χ2v) is 7.73. The average molecular weight is 418 g/mol. The Kier molecular flexibility index (Phi) is 10.1. The van der Waals surface area contributed by atoms with Crippen molar-refractivity contribution in [2.45, 2.75) is 44.3 Å². The normalized spacial score (nSPS) is 25.0. The molecule has 0 saturated heterocycles. The quantitative estimate of drug-likeness (QED) is 0.578. The van der Waals surface area contributed by atoms with Gasteiger partial charge in [-0.15, -0.1) is 0 Å². The maximum atomic E-state index is 13.3. The average Bonchev–Trinajstić information content (AvgIpc) is 3.20. The number of carbonyl (C=O) groups is 2. The minimum atomic E-state index is -1.39. The molecule has 2 fully saturated rings. The van der Waals surface area contributed by atoms with Gasteiger partial charge in [0.05, 0.1) is 0 Å². The summed E-state index contributed by atoms with van der Waals surface area (Å²) in [5.74, 6) is -2.08. The predicted molar refractivity (Wildman–Crippen MR) is 102 cm³/mol. The lowest BCUT2D eigenvalue weighted by atomic mass is 10.0. The van der Waals surface area contributed by atoms with E-state index in [1.54, 1.807) is 0 Å². The van der Waals surface area contributed by atoms with Crippen LogP contribution in [-0.4, -0.2) is 66.2 Å². The Morgan fingerprint density at radius 3 is 1.66 bits per heavy atom. The fraction of sp³-hybridized carbons (Fsp3) is 0.600. The zero-order chi connectivity index (χ0) is 22.1. The van der Waals surface area contributed by atoms with Crippen LogP contribution in [0.15, 0.2) is 12.1 Å². The molecule has 0 spiro atoms. The molecule has 2 aliphatic rings. The van der Waals surface area contributed by atoms with Crippen LogP contribution >= 0.6 is 0 Å². The Bertz CT molecular complexity index is 632. The summed E-state index contributed by atoms with van der Waals surface area (Å²) in [5.41, 5.74) is 0.493. The van der Waals surface area contributed by atoms with Gasteiger partial charge in [0, 0.05) is 18.6 Å². The third-order valence-corrected chi connectivity index (χ3v) is 5.80. The molecule has 1 aromatic carbocycles. The summed E-state index contributed by atoms with van der Waals surface area (Å²) in [6.45, 7) is -0.0463. The van der Waals surface area contributed by atoms with Gasteiger partial charge in [0.2, 0.25) is 0 Å². The molecule has 2 aliphatic carbocycles. The molecule has 3 rings (SSSR count). The van der Waals surface area contributed by atoms with Gasteiger partial charge >= 0.3 is 0 Å². The number of benzene rings is 1. The van der Waals surface area contributed by atoms with Crippen LogP contribution in [0.25, 0.3) is 0 Å². The highest BCUT2D eigenvalue weighted by atomic mass is 19.2. The van der Waals surface area contributed by atoms with E-state index in [1.165, 1.54) is 12.8 Å². The van der Waals surface area contributed by atoms with Gasteiger partial charge in [-0.05, 0) is 76.4 Å². The molecule has 0 amide bonds. The molecule has 2 saturated carbocycles. The Hall–Kier alpha value is -2.13. The molecule has 0 aliphatic heterocycles. The molecule has 0 aromatic heterocycles. The molecule has 1 aromatic rings. The van der Waals surface area contributed by atoms with E-state index in [-0.39, 0.29) is 12.9 Å². The number of fused-ring (bicyclic) bond motifs is 1. The molecule has 9 heteroatoms. The van der Waals surface area contributed by atoms with Gasteiger partial charge in [-0.1, -0.05) is 0 Å². The first-order valence-electron chi connectivity index (χ1n) is 9.34. The molecule has 0 bridgehead atoms. The summed E-state index contributed by atoms with van der Waals surface area (Å²) in [4.78, 5) is 21.2. The SMILES string of the molecule is CN(C)C1C[C@@H]2CC(N(C)Cc3cc(F)c(F)c(F)c3)C[C@@H]2C1.O=CO.O=CO. The molecule has 0 heterocycles. The van der Waals surface area contributed by atoms with Crippen molar-refractivity contribution >= 4 is 12.9 Å². The van der Waals surface area contributed by atoms with Gasteiger partial charge in [0.1, 0.15) is 0 Å². The maximum absolute atomic E-state index is 13.3. The number of hydrogen-bond acceptors (Lipinski definition) is 4. The molecule has 2 unspecified atom stereocenters. The van der Waals surface area contributed by atoms with Crippen molar-refractivity contribution in [1.82, 2.24) is 9.80 Å². The summed E-state index contributed by atoms with van der Waals surface area (Å²) in [7, 11) is 6.29. The van der Waals surface area contributed by atoms with Gasteiger partial charge in [-0.3, -0.25) is 14.5 Å². The first-order chi connectivity index (χ1) is 13.7. The lowest BCUT2D eigenvalue weighted by Crippen LogP contribution is -2.31. The lowest BCUT2D eigenvalue weighted by Gasteiger charge is -2.27. The third-order valence-electron chi connectivity index (χ3n) is 5.80. The topological polar surface area (TPSA) is 81.1 Å². The molecule has 0 radical (unpaired) electrons. The molecule has 2 N–H and O–H groups in total. The van der Waals surface area contributed by atoms with Crippen molar-refractivity contribution in [3.05, 3.63) is 35.1 Å². The van der Waals surface area contributed by atoms with E-state index in [2.05, 4.69) is 23.9 Å². The van der Waals surface area contributed by atoms with Crippen LogP contribution in [0.3, 0.4) is 0 Å². The predicted octanol–water partition coefficient (Wildman–Crippen LogP) is 3.06. The highest BCUT2D eigenvalue weighted by Gasteiger charge is 2.43. The van der Waals surface area contributed by atoms with Crippen molar-refractivity contribution in [2.24, 2.45) is 11.8 Å². The van der Waals surface area contributed by atoms with E-state index < -0.39 is 17.5 Å². The fourth-order valence-electron chi connectivity index (χ4n) is 4.45. The summed E-state index contributed by atoms with van der Waals surface area (Å²) in [5, 5.41) is 13.8. The standard InChI is InChI=1S/C18H25F3N2.2CH2O2/c1-22(2)14-6-12-8-15(9-13(12)7-14)23(3)10-11-4-16(19)18(21)17(20)5-11;2*2-1-3/h4-5,12-15H,6-10H2,1-3H3;2*1H,(H,2,3)/t12-,13+,14?,15?;;. The minimum Gasteiger partial charge on any atom is -0.483 e. The molecule has 29 heavy (non-hydrogen) atoms. The Balaban J connectivity index is 0.000000626. The number of nitrogens with zero attached hydrogens (tertiary/aromatic N) is 2. The van der Waals surface area contributed by atoms with Crippen molar-refractivity contribution in [2.75, 3.05) is 21.1 Å². The molecular formula is C20H29F3N2O4. The highest BCUT2D eigenvalue weighted by Crippen LogP contribution is 2.46. The Labute approximate surface area is 168 Å². The summed E-state index contributed by atoms with van der Waals surface area (Å²) >= 11 is 0. The first-order valence-corrected chi connectivity index (χ1v) is 9.34. The summed E-state index contributed by atoms with van der Waals surface area (Å²) < 4.78 is 39.7. The van der Waals surface area contributed by atoms with Gasteiger partial charge in [0.15, 0.2) is 17.5 Å². The molecule has 4 atom stereocenters. The smallest absolute Gasteiger partial charge is 0.290 e. The number of halogens is 3. The zero-order valence-electron chi connectivity index (χ0n) is 16.9. The lowest BCUT2D eigenvalue weighted by molar-refractivity contribution is -0.123. The van der Waals surface area contributed by atoms with E-state index in [4.69, 9.17) is 19.8 Å². The van der Waals surface area contributed by atoms with Crippen LogP contribution in [0.1, 0.15) is 31.2 Å². The molecule has 164 valence electrons. The highest BCUT2D eigenvalue weighted by molar-refractivity contribution is 5.33. The van der Waals surface area contributed by atoms with Crippen molar-refractivity contribution in [1.29, 1.82) is 0 Å². The van der Waals surface area contributed by atoms with Crippen molar-refractivity contribution < 1.29 is 33.0 Å². The van der Waals surface area contributed by atoms with E-state index in [9.17, 15) is 13.2 Å². The van der Waals surface area contributed by atoms with Crippen LogP contribution in [0.4, 0.5) is 13.2 Å². The molecule has 6 nitrogen and oxygen atoms in total. The molecular weight excluding hydrogens is 389 g/mol. The van der Waals surface area contributed by atoms with Crippen LogP contribution in [0, 0.1) is 29.3 Å². The Morgan fingerprint density at radius 2 is 1.28 bits per heavy atom. The summed E-state index contributed by atoms with van der Waals surface area (Å²) in [6, 6.07) is 3.35. The number of carboxylic acid groups (broad SMARTS) is 2. The van der Waals surface area contributed by atoms with E-state index in [0.717, 1.165) is 36.8 Å². The van der Waals surface area contributed by atoms with Crippen molar-refractivity contribution in [3.63, 3.8) is 0 Å². The van der Waals surface area contributed by atoms with Crippen LogP contribution in [0.2, 0.25) is 0 Å². The van der Waals surface area contributed by atoms with Gasteiger partial charge in [0.25, 0.3) is 12.9 Å². The first kappa shape index (κ1) is 24.9. The van der Waals surface area contributed by atoms with E-state index in [0.29, 0.717) is 24.2 Å². The van der Waals surface area contributed by atoms with Gasteiger partial charge < -0.3 is 15.1 Å². The van der Waals surface area contributed by atoms with E-state index in [1.807, 2.05) is 7.05 Å². The van der Waals surface area contributed by atoms with Gasteiger partial charge in [-0.25, -0.2) is 13.2 Å². The van der Waals surface area contributed by atoms with Crippen molar-refractivity contribution in [3.8, 4) is 0 Å². The zero-order valence-corrected chi connectivity index (χ0v) is 16.9. The second kappa shape index (κ2) is 11.8. The third kappa shape index (κ3) is 7.01. The largest absolute Gasteiger partial charge is 0.483 e. The van der Waals surface area contributed by atoms with E-state index >= 15 is 0 Å². The Morgan fingerprint density at radius 1 is 0.897 bits per heavy atom. The minimum absolute atomic E-state index is 0.250. The van der Waals surface area contributed by atoms with Crippen LogP contribution in [-0.2, 0) is 16.1 Å². The fourth-order valence-corrected chi connectivity index (χ4v) is 4.45.